The van der Waals surface area contributed by atoms with Gasteiger partial charge in [-0.25, -0.2) is 0 Å². The molecule has 0 aromatic rings. The van der Waals surface area contributed by atoms with E-state index >= 15 is 0 Å². The first kappa shape index (κ1) is 8.58. The van der Waals surface area contributed by atoms with Gasteiger partial charge in [0.25, 0.3) is 0 Å². The maximum absolute atomic E-state index is 2.30. The second kappa shape index (κ2) is 4.38. The third-order valence-corrected chi connectivity index (χ3v) is 2.44. The first-order valence-corrected chi connectivity index (χ1v) is 4.74. The Hall–Kier alpha value is -0.520. The molecule has 0 N–H and O–H groups in total. The molecule has 0 fully saturated rings. The Labute approximate surface area is 70.0 Å². The summed E-state index contributed by atoms with van der Waals surface area (Å²) in [6.45, 7) is 4.53. The Morgan fingerprint density at radius 2 is 2.27 bits per heavy atom. The monoisotopic (exact) mass is 150 g/mol. The van der Waals surface area contributed by atoms with Crippen LogP contribution >= 0.6 is 0 Å². The van der Waals surface area contributed by atoms with E-state index in [2.05, 4.69) is 32.1 Å². The van der Waals surface area contributed by atoms with E-state index in [1.165, 1.54) is 25.7 Å². The molecule has 1 unspecified atom stereocenters. The van der Waals surface area contributed by atoms with E-state index in [1.54, 1.807) is 5.57 Å². The fourth-order valence-electron chi connectivity index (χ4n) is 1.78. The van der Waals surface area contributed by atoms with Gasteiger partial charge in [0.15, 0.2) is 0 Å². The summed E-state index contributed by atoms with van der Waals surface area (Å²) in [6.07, 6.45) is 12.0. The molecular weight excluding hydrogens is 132 g/mol. The molecule has 0 saturated carbocycles. The Morgan fingerprint density at radius 3 is 2.91 bits per heavy atom. The molecule has 0 heteroatoms. The molecule has 0 radical (unpaired) electrons. The summed E-state index contributed by atoms with van der Waals surface area (Å²) in [5.41, 5.74) is 1.65. The summed E-state index contributed by atoms with van der Waals surface area (Å²) < 4.78 is 0. The van der Waals surface area contributed by atoms with Crippen molar-refractivity contribution in [1.82, 2.24) is 0 Å². The average Bonchev–Trinajstić information content (AvgIpc) is 2.06. The zero-order chi connectivity index (χ0) is 8.10. The fraction of sp³-hybridized carbons (Fsp3) is 0.636. The van der Waals surface area contributed by atoms with Crippen LogP contribution in [-0.4, -0.2) is 0 Å². The summed E-state index contributed by atoms with van der Waals surface area (Å²) >= 11 is 0. The number of rotatable bonds is 3. The molecule has 1 aliphatic rings. The van der Waals surface area contributed by atoms with Gasteiger partial charge in [-0.3, -0.25) is 0 Å². The molecule has 0 heterocycles. The van der Waals surface area contributed by atoms with Crippen molar-refractivity contribution in [1.29, 1.82) is 0 Å². The topological polar surface area (TPSA) is 0 Å². The van der Waals surface area contributed by atoms with Crippen molar-refractivity contribution in [2.24, 2.45) is 5.92 Å². The van der Waals surface area contributed by atoms with Gasteiger partial charge in [0.05, 0.1) is 0 Å². The summed E-state index contributed by atoms with van der Waals surface area (Å²) in [5, 5.41) is 0. The number of hydrogen-bond donors (Lipinski definition) is 0. The van der Waals surface area contributed by atoms with Gasteiger partial charge in [0.2, 0.25) is 0 Å². The highest BCUT2D eigenvalue weighted by Crippen LogP contribution is 2.26. The van der Waals surface area contributed by atoms with Crippen LogP contribution in [0.15, 0.2) is 23.8 Å². The minimum Gasteiger partial charge on any atom is -0.0839 e. The maximum Gasteiger partial charge on any atom is -0.0166 e. The Morgan fingerprint density at radius 1 is 1.45 bits per heavy atom. The highest BCUT2D eigenvalue weighted by molar-refractivity contribution is 5.20. The van der Waals surface area contributed by atoms with E-state index in [-0.39, 0.29) is 0 Å². The molecule has 62 valence electrons. The third-order valence-electron chi connectivity index (χ3n) is 2.44. The van der Waals surface area contributed by atoms with Gasteiger partial charge in [0.1, 0.15) is 0 Å². The minimum atomic E-state index is 0.856. The molecule has 0 aliphatic heterocycles. The summed E-state index contributed by atoms with van der Waals surface area (Å²) in [6, 6.07) is 0. The second-order valence-corrected chi connectivity index (χ2v) is 3.24. The van der Waals surface area contributed by atoms with Crippen molar-refractivity contribution in [3.05, 3.63) is 23.8 Å². The molecule has 0 nitrogen and oxygen atoms in total. The van der Waals surface area contributed by atoms with Gasteiger partial charge in [-0.2, -0.15) is 0 Å². The molecule has 1 rings (SSSR count). The summed E-state index contributed by atoms with van der Waals surface area (Å²) in [4.78, 5) is 0. The summed E-state index contributed by atoms with van der Waals surface area (Å²) in [5.74, 6) is 0.856. The smallest absolute Gasteiger partial charge is 0.0166 e. The van der Waals surface area contributed by atoms with Crippen molar-refractivity contribution in [2.75, 3.05) is 0 Å². The van der Waals surface area contributed by atoms with Gasteiger partial charge in [-0.1, -0.05) is 44.1 Å². The third kappa shape index (κ3) is 2.21. The van der Waals surface area contributed by atoms with Crippen LogP contribution in [0.3, 0.4) is 0 Å². The Balaban J connectivity index is 2.52. The molecule has 0 aromatic heterocycles. The molecule has 1 atom stereocenters. The Kier molecular flexibility index (Phi) is 3.41. The first-order valence-electron chi connectivity index (χ1n) is 4.74. The lowest BCUT2D eigenvalue weighted by Crippen LogP contribution is -2.04. The molecule has 0 saturated heterocycles. The first-order chi connectivity index (χ1) is 5.38. The van der Waals surface area contributed by atoms with Crippen LogP contribution in [0.25, 0.3) is 0 Å². The molecular formula is C11H18. The van der Waals surface area contributed by atoms with Crippen LogP contribution in [0.5, 0.6) is 0 Å². The quantitative estimate of drug-likeness (QED) is 0.575. The number of hydrogen-bond acceptors (Lipinski definition) is 0. The zero-order valence-electron chi connectivity index (χ0n) is 7.64. The molecule has 0 amide bonds. The van der Waals surface area contributed by atoms with E-state index < -0.39 is 0 Å². The summed E-state index contributed by atoms with van der Waals surface area (Å²) in [7, 11) is 0. The molecule has 0 aromatic carbocycles. The van der Waals surface area contributed by atoms with Crippen LogP contribution in [0.1, 0.15) is 39.5 Å². The molecule has 1 aliphatic carbocycles. The SMILES string of the molecule is CCCC1CC=CC=C1CC. The fourth-order valence-corrected chi connectivity index (χ4v) is 1.78. The van der Waals surface area contributed by atoms with Gasteiger partial charge in [-0.15, -0.1) is 0 Å². The average molecular weight is 150 g/mol. The van der Waals surface area contributed by atoms with Gasteiger partial charge in [0, 0.05) is 0 Å². The van der Waals surface area contributed by atoms with E-state index in [1.807, 2.05) is 0 Å². The standard InChI is InChI=1S/C11H18/c1-3-7-11-9-6-5-8-10(11)4-2/h5-6,8,11H,3-4,7,9H2,1-2H3. The van der Waals surface area contributed by atoms with Crippen molar-refractivity contribution in [2.45, 2.75) is 39.5 Å². The highest BCUT2D eigenvalue weighted by atomic mass is 14.2. The minimum absolute atomic E-state index is 0.856. The van der Waals surface area contributed by atoms with Crippen LogP contribution in [0, 0.1) is 5.92 Å². The molecule has 0 bridgehead atoms. The van der Waals surface area contributed by atoms with E-state index in [4.69, 9.17) is 0 Å². The Bertz CT molecular complexity index is 163. The van der Waals surface area contributed by atoms with Gasteiger partial charge in [-0.05, 0) is 25.2 Å². The predicted octanol–water partition coefficient (Wildman–Crippen LogP) is 3.70. The molecule has 11 heavy (non-hydrogen) atoms. The molecule has 0 spiro atoms. The van der Waals surface area contributed by atoms with Crippen LogP contribution in [0.4, 0.5) is 0 Å². The van der Waals surface area contributed by atoms with Crippen LogP contribution in [-0.2, 0) is 0 Å². The van der Waals surface area contributed by atoms with Crippen LogP contribution < -0.4 is 0 Å². The second-order valence-electron chi connectivity index (χ2n) is 3.24. The lowest BCUT2D eigenvalue weighted by Gasteiger charge is -2.19. The number of allylic oxidation sites excluding steroid dienone is 4. The van der Waals surface area contributed by atoms with Gasteiger partial charge < -0.3 is 0 Å². The van der Waals surface area contributed by atoms with Crippen LogP contribution in [0.2, 0.25) is 0 Å². The van der Waals surface area contributed by atoms with Crippen molar-refractivity contribution in [3.8, 4) is 0 Å². The lowest BCUT2D eigenvalue weighted by molar-refractivity contribution is 0.539. The predicted molar refractivity (Wildman–Crippen MR) is 50.5 cm³/mol. The van der Waals surface area contributed by atoms with E-state index in [9.17, 15) is 0 Å². The zero-order valence-corrected chi connectivity index (χ0v) is 7.64. The normalized spacial score (nSPS) is 23.5. The maximum atomic E-state index is 2.30. The van der Waals surface area contributed by atoms with Crippen molar-refractivity contribution >= 4 is 0 Å². The highest BCUT2D eigenvalue weighted by Gasteiger charge is 2.11. The van der Waals surface area contributed by atoms with E-state index in [0.29, 0.717) is 0 Å². The van der Waals surface area contributed by atoms with Crippen molar-refractivity contribution in [3.63, 3.8) is 0 Å². The lowest BCUT2D eigenvalue weighted by atomic mass is 9.86. The van der Waals surface area contributed by atoms with E-state index in [0.717, 1.165) is 5.92 Å². The van der Waals surface area contributed by atoms with Crippen molar-refractivity contribution < 1.29 is 0 Å². The van der Waals surface area contributed by atoms with Gasteiger partial charge >= 0.3 is 0 Å². The largest absolute Gasteiger partial charge is 0.0839 e.